The van der Waals surface area contributed by atoms with Crippen LogP contribution in [-0.4, -0.2) is 35.7 Å². The molecule has 1 heterocycles. The number of ether oxygens (including phenoxy) is 1. The Hall–Kier alpha value is -1.26. The fourth-order valence-electron chi connectivity index (χ4n) is 2.82. The second kappa shape index (κ2) is 6.95. The number of phenolic OH excluding ortho intramolecular Hbond substituents is 1. The molecule has 1 unspecified atom stereocenters. The summed E-state index contributed by atoms with van der Waals surface area (Å²) in [5, 5.41) is 9.72. The largest absolute Gasteiger partial charge is 0.504 e. The molecule has 4 heteroatoms. The first-order chi connectivity index (χ1) is 9.60. The fourth-order valence-corrected chi connectivity index (χ4v) is 2.82. The quantitative estimate of drug-likeness (QED) is 0.868. The van der Waals surface area contributed by atoms with E-state index in [9.17, 15) is 5.11 Å². The molecule has 1 atom stereocenters. The number of nitrogens with two attached hydrogens (primary N) is 1. The highest BCUT2D eigenvalue weighted by molar-refractivity contribution is 5.41. The molecule has 0 bridgehead atoms. The van der Waals surface area contributed by atoms with Gasteiger partial charge in [0.2, 0.25) is 0 Å². The van der Waals surface area contributed by atoms with E-state index in [1.165, 1.54) is 18.4 Å². The van der Waals surface area contributed by atoms with E-state index >= 15 is 0 Å². The summed E-state index contributed by atoms with van der Waals surface area (Å²) in [6.07, 6.45) is 2.35. The van der Waals surface area contributed by atoms with Gasteiger partial charge in [-0.2, -0.15) is 0 Å². The molecule has 0 aromatic heterocycles. The van der Waals surface area contributed by atoms with E-state index in [1.54, 1.807) is 6.07 Å². The number of piperidine rings is 1. The second-order valence-electron chi connectivity index (χ2n) is 5.71. The molecule has 0 radical (unpaired) electrons. The van der Waals surface area contributed by atoms with Crippen LogP contribution in [0.5, 0.6) is 11.5 Å². The van der Waals surface area contributed by atoms with Crippen molar-refractivity contribution in [3.8, 4) is 11.5 Å². The first-order valence-electron chi connectivity index (χ1n) is 7.52. The smallest absolute Gasteiger partial charge is 0.161 e. The Labute approximate surface area is 121 Å². The SMILES string of the molecule is CCOc1cc(CN2CCC(C(C)N)CC2)ccc1O. The molecule has 0 amide bonds. The van der Waals surface area contributed by atoms with Gasteiger partial charge < -0.3 is 15.6 Å². The first kappa shape index (κ1) is 15.1. The number of rotatable bonds is 5. The summed E-state index contributed by atoms with van der Waals surface area (Å²) in [5.74, 6) is 1.45. The van der Waals surface area contributed by atoms with Crippen molar-refractivity contribution < 1.29 is 9.84 Å². The van der Waals surface area contributed by atoms with Crippen LogP contribution in [0.2, 0.25) is 0 Å². The standard InChI is InChI=1S/C16H26N2O2/c1-3-20-16-10-13(4-5-15(16)19)11-18-8-6-14(7-9-18)12(2)17/h4-5,10,12,14,19H,3,6-9,11,17H2,1-2H3. The molecule has 1 fully saturated rings. The van der Waals surface area contributed by atoms with E-state index in [1.807, 2.05) is 19.1 Å². The number of phenols is 1. The molecule has 4 nitrogen and oxygen atoms in total. The molecule has 0 aliphatic carbocycles. The topological polar surface area (TPSA) is 58.7 Å². The lowest BCUT2D eigenvalue weighted by Crippen LogP contribution is -2.39. The van der Waals surface area contributed by atoms with Gasteiger partial charge in [0.1, 0.15) is 0 Å². The Balaban J connectivity index is 1.92. The van der Waals surface area contributed by atoms with E-state index in [0.717, 1.165) is 19.6 Å². The van der Waals surface area contributed by atoms with E-state index < -0.39 is 0 Å². The molecular weight excluding hydrogens is 252 g/mol. The van der Waals surface area contributed by atoms with E-state index in [-0.39, 0.29) is 5.75 Å². The van der Waals surface area contributed by atoms with Crippen molar-refractivity contribution in [3.63, 3.8) is 0 Å². The van der Waals surface area contributed by atoms with Crippen molar-refractivity contribution >= 4 is 0 Å². The number of hydrogen-bond donors (Lipinski definition) is 2. The van der Waals surface area contributed by atoms with Crippen LogP contribution in [0.15, 0.2) is 18.2 Å². The lowest BCUT2D eigenvalue weighted by Gasteiger charge is -2.33. The van der Waals surface area contributed by atoms with Gasteiger partial charge in [-0.05, 0) is 63.4 Å². The third kappa shape index (κ3) is 3.87. The van der Waals surface area contributed by atoms with Crippen LogP contribution in [0, 0.1) is 5.92 Å². The molecule has 3 N–H and O–H groups in total. The van der Waals surface area contributed by atoms with Crippen LogP contribution in [0.1, 0.15) is 32.3 Å². The summed E-state index contributed by atoms with van der Waals surface area (Å²) in [5.41, 5.74) is 7.16. The molecule has 20 heavy (non-hydrogen) atoms. The van der Waals surface area contributed by atoms with E-state index in [0.29, 0.717) is 24.3 Å². The lowest BCUT2D eigenvalue weighted by molar-refractivity contribution is 0.165. The number of likely N-dealkylation sites (tertiary alicyclic amines) is 1. The molecule has 0 spiro atoms. The van der Waals surface area contributed by atoms with Gasteiger partial charge in [0.25, 0.3) is 0 Å². The summed E-state index contributed by atoms with van der Waals surface area (Å²) in [6, 6.07) is 5.93. The Kier molecular flexibility index (Phi) is 5.26. The van der Waals surface area contributed by atoms with Crippen molar-refractivity contribution in [2.45, 2.75) is 39.3 Å². The van der Waals surface area contributed by atoms with Crippen LogP contribution in [0.3, 0.4) is 0 Å². The average molecular weight is 278 g/mol. The van der Waals surface area contributed by atoms with Gasteiger partial charge in [0, 0.05) is 12.6 Å². The Morgan fingerprint density at radius 1 is 1.40 bits per heavy atom. The summed E-state index contributed by atoms with van der Waals surface area (Å²) < 4.78 is 5.43. The molecular formula is C16H26N2O2. The molecule has 112 valence electrons. The van der Waals surface area contributed by atoms with Crippen molar-refractivity contribution in [3.05, 3.63) is 23.8 Å². The highest BCUT2D eigenvalue weighted by atomic mass is 16.5. The molecule has 0 saturated carbocycles. The third-order valence-electron chi connectivity index (χ3n) is 4.11. The van der Waals surface area contributed by atoms with Crippen molar-refractivity contribution in [1.29, 1.82) is 0 Å². The van der Waals surface area contributed by atoms with Crippen molar-refractivity contribution in [2.75, 3.05) is 19.7 Å². The van der Waals surface area contributed by atoms with Crippen molar-refractivity contribution in [2.24, 2.45) is 11.7 Å². The molecule has 1 aromatic rings. The number of benzene rings is 1. The van der Waals surface area contributed by atoms with E-state index in [2.05, 4.69) is 11.8 Å². The van der Waals surface area contributed by atoms with E-state index in [4.69, 9.17) is 10.5 Å². The molecule has 1 saturated heterocycles. The van der Waals surface area contributed by atoms with Crippen LogP contribution >= 0.6 is 0 Å². The normalized spacial score (nSPS) is 18.9. The number of aromatic hydroxyl groups is 1. The van der Waals surface area contributed by atoms with Crippen molar-refractivity contribution in [1.82, 2.24) is 4.90 Å². The summed E-state index contributed by atoms with van der Waals surface area (Å²) in [7, 11) is 0. The number of nitrogens with zero attached hydrogens (tertiary/aromatic N) is 1. The zero-order valence-corrected chi connectivity index (χ0v) is 12.5. The first-order valence-corrected chi connectivity index (χ1v) is 7.52. The monoisotopic (exact) mass is 278 g/mol. The summed E-state index contributed by atoms with van der Waals surface area (Å²) in [4.78, 5) is 2.45. The minimum atomic E-state index is 0.214. The second-order valence-corrected chi connectivity index (χ2v) is 5.71. The maximum Gasteiger partial charge on any atom is 0.161 e. The Bertz CT molecular complexity index is 426. The number of hydrogen-bond acceptors (Lipinski definition) is 4. The predicted octanol–water partition coefficient (Wildman–Crippen LogP) is 2.35. The van der Waals surface area contributed by atoms with Gasteiger partial charge in [-0.1, -0.05) is 6.07 Å². The van der Waals surface area contributed by atoms with Crippen LogP contribution in [0.25, 0.3) is 0 Å². The molecule has 1 aromatic carbocycles. The molecule has 1 aliphatic rings. The van der Waals surface area contributed by atoms with Gasteiger partial charge in [-0.25, -0.2) is 0 Å². The van der Waals surface area contributed by atoms with Gasteiger partial charge >= 0.3 is 0 Å². The molecule has 1 aliphatic heterocycles. The zero-order valence-electron chi connectivity index (χ0n) is 12.5. The van der Waals surface area contributed by atoms with Gasteiger partial charge in [0.15, 0.2) is 11.5 Å². The molecule has 2 rings (SSSR count). The van der Waals surface area contributed by atoms with Crippen LogP contribution in [0.4, 0.5) is 0 Å². The van der Waals surface area contributed by atoms with Gasteiger partial charge in [0.05, 0.1) is 6.61 Å². The lowest BCUT2D eigenvalue weighted by atomic mass is 9.91. The van der Waals surface area contributed by atoms with Crippen LogP contribution in [-0.2, 0) is 6.54 Å². The third-order valence-corrected chi connectivity index (χ3v) is 4.11. The summed E-state index contributed by atoms with van der Waals surface area (Å²) >= 11 is 0. The highest BCUT2D eigenvalue weighted by Gasteiger charge is 2.21. The highest BCUT2D eigenvalue weighted by Crippen LogP contribution is 2.28. The predicted molar refractivity (Wildman–Crippen MR) is 80.9 cm³/mol. The average Bonchev–Trinajstić information content (AvgIpc) is 2.43. The maximum absolute atomic E-state index is 9.72. The Morgan fingerprint density at radius 3 is 2.70 bits per heavy atom. The minimum absolute atomic E-state index is 0.214. The maximum atomic E-state index is 9.72. The van der Waals surface area contributed by atoms with Gasteiger partial charge in [-0.15, -0.1) is 0 Å². The van der Waals surface area contributed by atoms with Crippen LogP contribution < -0.4 is 10.5 Å². The van der Waals surface area contributed by atoms with Gasteiger partial charge in [-0.3, -0.25) is 4.90 Å². The zero-order chi connectivity index (χ0) is 14.5. The Morgan fingerprint density at radius 2 is 2.10 bits per heavy atom. The fraction of sp³-hybridized carbons (Fsp3) is 0.625. The minimum Gasteiger partial charge on any atom is -0.504 e. The summed E-state index contributed by atoms with van der Waals surface area (Å²) in [6.45, 7) is 7.69.